The number of hydrogen-bond acceptors (Lipinski definition) is 2. The van der Waals surface area contributed by atoms with Crippen molar-refractivity contribution in [3.05, 3.63) is 35.6 Å². The summed E-state index contributed by atoms with van der Waals surface area (Å²) in [4.78, 5) is 14.2. The van der Waals surface area contributed by atoms with E-state index in [1.54, 1.807) is 0 Å². The molecule has 1 amide bonds. The Morgan fingerprint density at radius 1 is 1.14 bits per heavy atom. The fourth-order valence-electron chi connectivity index (χ4n) is 2.37. The minimum atomic E-state index is -1.63. The van der Waals surface area contributed by atoms with Gasteiger partial charge in [0.1, 0.15) is 12.0 Å². The summed E-state index contributed by atoms with van der Waals surface area (Å²) in [5, 5.41) is 2.73. The predicted octanol–water partition coefficient (Wildman–Crippen LogP) is 3.74. The summed E-state index contributed by atoms with van der Waals surface area (Å²) in [6.07, 6.45) is 2.43. The lowest BCUT2D eigenvalue weighted by Gasteiger charge is -2.38. The molecule has 0 aromatic heterocycles. The molecule has 0 aliphatic carbocycles. The number of carbonyl (C=O) groups is 1. The van der Waals surface area contributed by atoms with Crippen LogP contribution in [0.25, 0.3) is 0 Å². The van der Waals surface area contributed by atoms with E-state index in [1.165, 1.54) is 24.3 Å². The first kappa shape index (κ1) is 16.8. The Morgan fingerprint density at radius 2 is 1.71 bits per heavy atom. The number of benzene rings is 1. The summed E-state index contributed by atoms with van der Waals surface area (Å²) in [6.45, 7) is 1.53. The van der Waals surface area contributed by atoms with Gasteiger partial charge in [-0.15, -0.1) is 0 Å². The van der Waals surface area contributed by atoms with Crippen LogP contribution in [0.5, 0.6) is 0 Å². The van der Waals surface area contributed by atoms with E-state index in [0.717, 1.165) is 32.4 Å². The van der Waals surface area contributed by atoms with Gasteiger partial charge < -0.3 is 5.32 Å². The van der Waals surface area contributed by atoms with Gasteiger partial charge in [-0.1, -0.05) is 41.2 Å². The Labute approximate surface area is 138 Å². The second-order valence-corrected chi connectivity index (χ2v) is 7.39. The number of alkyl halides is 3. The number of likely N-dealkylation sites (tertiary alicyclic amines) is 1. The van der Waals surface area contributed by atoms with Crippen molar-refractivity contribution in [2.24, 2.45) is 0 Å². The molecule has 0 spiro atoms. The lowest BCUT2D eigenvalue weighted by Crippen LogP contribution is -2.56. The molecule has 1 aromatic carbocycles. The van der Waals surface area contributed by atoms with Gasteiger partial charge in [0.2, 0.25) is 3.79 Å². The summed E-state index contributed by atoms with van der Waals surface area (Å²) < 4.78 is 11.3. The van der Waals surface area contributed by atoms with Gasteiger partial charge in [0.15, 0.2) is 0 Å². The molecule has 1 aliphatic heterocycles. The van der Waals surface area contributed by atoms with E-state index >= 15 is 0 Å². The van der Waals surface area contributed by atoms with Crippen LogP contribution < -0.4 is 5.32 Å². The summed E-state index contributed by atoms with van der Waals surface area (Å²) in [7, 11) is 0. The van der Waals surface area contributed by atoms with Gasteiger partial charge in [-0.2, -0.15) is 0 Å². The van der Waals surface area contributed by atoms with E-state index in [4.69, 9.17) is 34.8 Å². The molecule has 1 fully saturated rings. The van der Waals surface area contributed by atoms with Crippen LogP contribution >= 0.6 is 34.8 Å². The molecular weight excluding hydrogens is 338 g/mol. The van der Waals surface area contributed by atoms with Crippen molar-refractivity contribution >= 4 is 40.7 Å². The minimum Gasteiger partial charge on any atom is -0.332 e. The van der Waals surface area contributed by atoms with Crippen LogP contribution in [0, 0.1) is 5.82 Å². The Bertz CT molecular complexity index is 484. The fourth-order valence-corrected chi connectivity index (χ4v) is 2.94. The smallest absolute Gasteiger partial charge is 0.252 e. The van der Waals surface area contributed by atoms with Crippen molar-refractivity contribution in [3.8, 4) is 0 Å². The van der Waals surface area contributed by atoms with E-state index in [-0.39, 0.29) is 0 Å². The number of halogens is 4. The molecule has 1 saturated heterocycles. The molecule has 0 bridgehead atoms. The lowest BCUT2D eigenvalue weighted by molar-refractivity contribution is 0.0819. The predicted molar refractivity (Wildman–Crippen MR) is 83.4 cm³/mol. The van der Waals surface area contributed by atoms with E-state index in [9.17, 15) is 9.18 Å². The number of hydrogen-bond donors (Lipinski definition) is 1. The maximum Gasteiger partial charge on any atom is 0.252 e. The van der Waals surface area contributed by atoms with Gasteiger partial charge in [-0.25, -0.2) is 4.39 Å². The van der Waals surface area contributed by atoms with Crippen molar-refractivity contribution in [2.45, 2.75) is 29.2 Å². The van der Waals surface area contributed by atoms with Gasteiger partial charge in [0.25, 0.3) is 5.91 Å². The Balaban J connectivity index is 2.10. The number of nitrogens with one attached hydrogen (secondary N) is 1. The molecule has 1 aliphatic rings. The zero-order valence-corrected chi connectivity index (χ0v) is 13.6. The highest BCUT2D eigenvalue weighted by atomic mass is 35.6. The lowest BCUT2D eigenvalue weighted by atomic mass is 10.1. The topological polar surface area (TPSA) is 32.3 Å². The van der Waals surface area contributed by atoms with Gasteiger partial charge in [-0.05, 0) is 37.1 Å². The molecule has 21 heavy (non-hydrogen) atoms. The van der Waals surface area contributed by atoms with Gasteiger partial charge in [-0.3, -0.25) is 9.69 Å². The SMILES string of the molecule is O=C(N[C@@H](N1CCCCC1)C(Cl)(Cl)Cl)c1ccc(F)cc1. The third-order valence-corrected chi connectivity index (χ3v) is 4.06. The highest BCUT2D eigenvalue weighted by Gasteiger charge is 2.38. The third kappa shape index (κ3) is 4.71. The van der Waals surface area contributed by atoms with Crippen LogP contribution in [-0.2, 0) is 0 Å². The van der Waals surface area contributed by atoms with Crippen LogP contribution in [0.3, 0.4) is 0 Å². The molecule has 3 nitrogen and oxygen atoms in total. The Hall–Kier alpha value is -0.550. The zero-order chi connectivity index (χ0) is 15.5. The second kappa shape index (κ2) is 7.14. The zero-order valence-electron chi connectivity index (χ0n) is 11.3. The van der Waals surface area contributed by atoms with Crippen molar-refractivity contribution in [1.29, 1.82) is 0 Å². The van der Waals surface area contributed by atoms with Crippen LogP contribution in [0.1, 0.15) is 29.6 Å². The van der Waals surface area contributed by atoms with E-state index in [2.05, 4.69) is 5.32 Å². The molecule has 7 heteroatoms. The van der Waals surface area contributed by atoms with E-state index < -0.39 is 21.7 Å². The maximum atomic E-state index is 12.9. The summed E-state index contributed by atoms with van der Waals surface area (Å²) in [6, 6.07) is 5.24. The average Bonchev–Trinajstić information content (AvgIpc) is 2.45. The van der Waals surface area contributed by atoms with Crippen molar-refractivity contribution in [3.63, 3.8) is 0 Å². The first-order valence-electron chi connectivity index (χ1n) is 6.75. The summed E-state index contributed by atoms with van der Waals surface area (Å²) >= 11 is 18.0. The molecule has 1 heterocycles. The largest absolute Gasteiger partial charge is 0.332 e. The summed E-state index contributed by atoms with van der Waals surface area (Å²) in [5.41, 5.74) is 0.327. The average molecular weight is 354 g/mol. The number of amides is 1. The van der Waals surface area contributed by atoms with Crippen LogP contribution in [-0.4, -0.2) is 33.9 Å². The Morgan fingerprint density at radius 3 is 2.24 bits per heavy atom. The third-order valence-electron chi connectivity index (χ3n) is 3.44. The maximum absolute atomic E-state index is 12.9. The fraction of sp³-hybridized carbons (Fsp3) is 0.500. The van der Waals surface area contributed by atoms with E-state index in [1.807, 2.05) is 4.90 Å². The molecular formula is C14H16Cl3FN2O. The van der Waals surface area contributed by atoms with Gasteiger partial charge in [0.05, 0.1) is 0 Å². The molecule has 116 valence electrons. The highest BCUT2D eigenvalue weighted by molar-refractivity contribution is 6.68. The van der Waals surface area contributed by atoms with Crippen LogP contribution in [0.4, 0.5) is 4.39 Å². The molecule has 1 N–H and O–H groups in total. The number of nitrogens with zero attached hydrogens (tertiary/aromatic N) is 1. The molecule has 0 unspecified atom stereocenters. The molecule has 1 aromatic rings. The standard InChI is InChI=1S/C14H16Cl3FN2O/c15-14(16,17)13(20-8-2-1-3-9-20)19-12(21)10-4-6-11(18)7-5-10/h4-7,13H,1-3,8-9H2,(H,19,21)/t13-/m0/s1. The Kier molecular flexibility index (Phi) is 5.72. The van der Waals surface area contributed by atoms with Crippen molar-refractivity contribution in [1.82, 2.24) is 10.2 Å². The first-order chi connectivity index (χ1) is 9.88. The monoisotopic (exact) mass is 352 g/mol. The summed E-state index contributed by atoms with van der Waals surface area (Å²) in [5.74, 6) is -0.794. The molecule has 0 radical (unpaired) electrons. The first-order valence-corrected chi connectivity index (χ1v) is 7.88. The molecule has 0 saturated carbocycles. The van der Waals surface area contributed by atoms with Crippen molar-refractivity contribution in [2.75, 3.05) is 13.1 Å². The quantitative estimate of drug-likeness (QED) is 0.840. The number of carbonyl (C=O) groups excluding carboxylic acids is 1. The number of rotatable bonds is 3. The molecule has 1 atom stereocenters. The highest BCUT2D eigenvalue weighted by Crippen LogP contribution is 2.33. The second-order valence-electron chi connectivity index (χ2n) is 5.02. The normalized spacial score (nSPS) is 18.3. The van der Waals surface area contributed by atoms with Gasteiger partial charge in [0, 0.05) is 18.7 Å². The number of piperidine rings is 1. The van der Waals surface area contributed by atoms with E-state index in [0.29, 0.717) is 5.56 Å². The van der Waals surface area contributed by atoms with Crippen molar-refractivity contribution < 1.29 is 9.18 Å². The van der Waals surface area contributed by atoms with Crippen LogP contribution in [0.2, 0.25) is 0 Å². The minimum absolute atomic E-state index is 0.327. The molecule has 2 rings (SSSR count). The van der Waals surface area contributed by atoms with Crippen LogP contribution in [0.15, 0.2) is 24.3 Å². The van der Waals surface area contributed by atoms with Gasteiger partial charge >= 0.3 is 0 Å².